The zero-order valence-corrected chi connectivity index (χ0v) is 14.3. The number of hydrogen-bond acceptors (Lipinski definition) is 4. The largest absolute Gasteiger partial charge is 0.356 e. The summed E-state index contributed by atoms with van der Waals surface area (Å²) in [5.74, 6) is 1.68. The van der Waals surface area contributed by atoms with Crippen molar-refractivity contribution in [1.82, 2.24) is 9.97 Å². The van der Waals surface area contributed by atoms with Crippen molar-refractivity contribution in [3.05, 3.63) is 53.0 Å². The van der Waals surface area contributed by atoms with Crippen molar-refractivity contribution >= 4 is 44.3 Å². The summed E-state index contributed by atoms with van der Waals surface area (Å²) in [7, 11) is 0. The predicted octanol–water partition coefficient (Wildman–Crippen LogP) is 4.74. The molecule has 4 rings (SSSR count). The van der Waals surface area contributed by atoms with Gasteiger partial charge in [0.15, 0.2) is 0 Å². The van der Waals surface area contributed by atoms with Gasteiger partial charge in [0, 0.05) is 28.6 Å². The van der Waals surface area contributed by atoms with Crippen LogP contribution in [0.4, 0.5) is 17.5 Å². The minimum absolute atomic E-state index is 0.646. The molecule has 1 fully saturated rings. The maximum atomic E-state index is 4.79. The molecular formula is C18H17BrN4. The van der Waals surface area contributed by atoms with Crippen LogP contribution in [-0.4, -0.2) is 23.1 Å². The fourth-order valence-corrected chi connectivity index (χ4v) is 3.21. The molecule has 0 spiro atoms. The molecule has 0 bridgehead atoms. The first-order chi connectivity index (χ1) is 11.3. The number of para-hydroxylation sites is 1. The number of fused-ring (bicyclic) bond motifs is 1. The average molecular weight is 369 g/mol. The molecule has 2 aromatic carbocycles. The monoisotopic (exact) mass is 368 g/mol. The van der Waals surface area contributed by atoms with Gasteiger partial charge in [-0.2, -0.15) is 4.98 Å². The Morgan fingerprint density at radius 1 is 0.913 bits per heavy atom. The topological polar surface area (TPSA) is 41.1 Å². The lowest BCUT2D eigenvalue weighted by atomic mass is 10.2. The second kappa shape index (κ2) is 6.16. The summed E-state index contributed by atoms with van der Waals surface area (Å²) in [6, 6.07) is 16.3. The van der Waals surface area contributed by atoms with Gasteiger partial charge in [-0.1, -0.05) is 28.1 Å². The van der Waals surface area contributed by atoms with Crippen LogP contribution in [0.5, 0.6) is 0 Å². The molecule has 116 valence electrons. The van der Waals surface area contributed by atoms with E-state index in [-0.39, 0.29) is 0 Å². The van der Waals surface area contributed by atoms with Gasteiger partial charge in [-0.05, 0) is 49.2 Å². The van der Waals surface area contributed by atoms with E-state index in [1.807, 2.05) is 42.5 Å². The van der Waals surface area contributed by atoms with E-state index >= 15 is 0 Å². The van der Waals surface area contributed by atoms with E-state index in [0.29, 0.717) is 5.95 Å². The van der Waals surface area contributed by atoms with Crippen LogP contribution in [0.1, 0.15) is 12.8 Å². The Bertz CT molecular complexity index is 826. The first-order valence-corrected chi connectivity index (χ1v) is 8.63. The number of rotatable bonds is 3. The van der Waals surface area contributed by atoms with Crippen molar-refractivity contribution in [2.75, 3.05) is 23.3 Å². The molecule has 0 amide bonds. The van der Waals surface area contributed by atoms with Crippen LogP contribution in [0.25, 0.3) is 10.9 Å². The molecule has 4 nitrogen and oxygen atoms in total. The summed E-state index contributed by atoms with van der Waals surface area (Å²) in [5.41, 5.74) is 1.96. The van der Waals surface area contributed by atoms with E-state index < -0.39 is 0 Å². The number of aromatic nitrogens is 2. The highest BCUT2D eigenvalue weighted by atomic mass is 79.9. The summed E-state index contributed by atoms with van der Waals surface area (Å²) in [6.45, 7) is 2.14. The molecule has 23 heavy (non-hydrogen) atoms. The van der Waals surface area contributed by atoms with Crippen LogP contribution in [0.15, 0.2) is 53.0 Å². The molecule has 0 atom stereocenters. The van der Waals surface area contributed by atoms with E-state index in [0.717, 1.165) is 40.0 Å². The van der Waals surface area contributed by atoms with Crippen LogP contribution in [0, 0.1) is 0 Å². The Balaban J connectivity index is 1.76. The highest BCUT2D eigenvalue weighted by molar-refractivity contribution is 9.10. The molecule has 1 N–H and O–H groups in total. The molecule has 1 aromatic heterocycles. The van der Waals surface area contributed by atoms with E-state index in [1.165, 1.54) is 12.8 Å². The second-order valence-electron chi connectivity index (χ2n) is 5.71. The molecule has 0 radical (unpaired) electrons. The van der Waals surface area contributed by atoms with Crippen LogP contribution >= 0.6 is 15.9 Å². The zero-order chi connectivity index (χ0) is 15.6. The van der Waals surface area contributed by atoms with Gasteiger partial charge in [0.25, 0.3) is 0 Å². The maximum absolute atomic E-state index is 4.79. The minimum atomic E-state index is 0.646. The average Bonchev–Trinajstić information content (AvgIpc) is 3.11. The number of halogens is 1. The maximum Gasteiger partial charge on any atom is 0.229 e. The van der Waals surface area contributed by atoms with Gasteiger partial charge >= 0.3 is 0 Å². The van der Waals surface area contributed by atoms with Gasteiger partial charge in [-0.3, -0.25) is 0 Å². The van der Waals surface area contributed by atoms with Crippen LogP contribution in [0.3, 0.4) is 0 Å². The molecule has 0 unspecified atom stereocenters. The van der Waals surface area contributed by atoms with E-state index in [9.17, 15) is 0 Å². The standard InChI is InChI=1S/C18H17BrN4/c19-13-7-9-14(10-8-13)20-18-21-16-6-2-1-5-15(16)17(22-18)23-11-3-4-12-23/h1-2,5-10H,3-4,11-12H2,(H,20,21,22). The van der Waals surface area contributed by atoms with E-state index in [4.69, 9.17) is 4.98 Å². The Morgan fingerprint density at radius 2 is 1.65 bits per heavy atom. The van der Waals surface area contributed by atoms with E-state index in [2.05, 4.69) is 37.2 Å². The third-order valence-corrected chi connectivity index (χ3v) is 4.62. The van der Waals surface area contributed by atoms with Gasteiger partial charge in [0.2, 0.25) is 5.95 Å². The molecule has 0 saturated carbocycles. The molecule has 1 aliphatic heterocycles. The number of anilines is 3. The van der Waals surface area contributed by atoms with Gasteiger partial charge < -0.3 is 10.2 Å². The van der Waals surface area contributed by atoms with Gasteiger partial charge in [-0.25, -0.2) is 4.98 Å². The third-order valence-electron chi connectivity index (χ3n) is 4.09. The normalized spacial score (nSPS) is 14.4. The molecule has 5 heteroatoms. The van der Waals surface area contributed by atoms with Crippen molar-refractivity contribution in [2.24, 2.45) is 0 Å². The minimum Gasteiger partial charge on any atom is -0.356 e. The number of nitrogens with zero attached hydrogens (tertiary/aromatic N) is 3. The molecular weight excluding hydrogens is 352 g/mol. The fourth-order valence-electron chi connectivity index (χ4n) is 2.95. The summed E-state index contributed by atoms with van der Waals surface area (Å²) >= 11 is 3.45. The zero-order valence-electron chi connectivity index (χ0n) is 12.7. The van der Waals surface area contributed by atoms with Gasteiger partial charge in [0.05, 0.1) is 5.52 Å². The quantitative estimate of drug-likeness (QED) is 0.724. The second-order valence-corrected chi connectivity index (χ2v) is 6.63. The molecule has 0 aliphatic carbocycles. The summed E-state index contributed by atoms with van der Waals surface area (Å²) in [5, 5.41) is 4.44. The number of benzene rings is 2. The third kappa shape index (κ3) is 3.01. The Hall–Kier alpha value is -2.14. The Kier molecular flexibility index (Phi) is 3.87. The first-order valence-electron chi connectivity index (χ1n) is 7.84. The smallest absolute Gasteiger partial charge is 0.229 e. The van der Waals surface area contributed by atoms with Gasteiger partial charge in [0.1, 0.15) is 5.82 Å². The summed E-state index contributed by atoms with van der Waals surface area (Å²) in [6.07, 6.45) is 2.46. The van der Waals surface area contributed by atoms with Crippen LogP contribution in [0.2, 0.25) is 0 Å². The number of nitrogens with one attached hydrogen (secondary N) is 1. The highest BCUT2D eigenvalue weighted by Crippen LogP contribution is 2.29. The predicted molar refractivity (Wildman–Crippen MR) is 98.4 cm³/mol. The SMILES string of the molecule is Brc1ccc(Nc2nc(N3CCCC3)c3ccccc3n2)cc1. The van der Waals surface area contributed by atoms with Crippen molar-refractivity contribution < 1.29 is 0 Å². The number of hydrogen-bond donors (Lipinski definition) is 1. The van der Waals surface area contributed by atoms with Crippen molar-refractivity contribution in [3.63, 3.8) is 0 Å². The van der Waals surface area contributed by atoms with E-state index in [1.54, 1.807) is 0 Å². The summed E-state index contributed by atoms with van der Waals surface area (Å²) < 4.78 is 1.06. The summed E-state index contributed by atoms with van der Waals surface area (Å²) in [4.78, 5) is 11.8. The highest BCUT2D eigenvalue weighted by Gasteiger charge is 2.18. The lowest BCUT2D eigenvalue weighted by Gasteiger charge is -2.19. The molecule has 3 aromatic rings. The lowest BCUT2D eigenvalue weighted by Crippen LogP contribution is -2.20. The first kappa shape index (κ1) is 14.5. The van der Waals surface area contributed by atoms with Crippen LogP contribution in [-0.2, 0) is 0 Å². The van der Waals surface area contributed by atoms with Crippen LogP contribution < -0.4 is 10.2 Å². The lowest BCUT2D eigenvalue weighted by molar-refractivity contribution is 0.941. The molecule has 1 aliphatic rings. The fraction of sp³-hybridized carbons (Fsp3) is 0.222. The van der Waals surface area contributed by atoms with Gasteiger partial charge in [-0.15, -0.1) is 0 Å². The molecule has 1 saturated heterocycles. The Labute approximate surface area is 143 Å². The molecule has 2 heterocycles. The van der Waals surface area contributed by atoms with Crippen molar-refractivity contribution in [2.45, 2.75) is 12.8 Å². The van der Waals surface area contributed by atoms with Crippen molar-refractivity contribution in [1.29, 1.82) is 0 Å². The Morgan fingerprint density at radius 3 is 2.43 bits per heavy atom. The van der Waals surface area contributed by atoms with Crippen molar-refractivity contribution in [3.8, 4) is 0 Å².